The zero-order chi connectivity index (χ0) is 8.36. The van der Waals surface area contributed by atoms with Crippen molar-refractivity contribution >= 4 is 0 Å². The summed E-state index contributed by atoms with van der Waals surface area (Å²) in [6.45, 7) is 8.76. The number of rotatable bonds is 1. The van der Waals surface area contributed by atoms with Gasteiger partial charge in [0.15, 0.2) is 0 Å². The van der Waals surface area contributed by atoms with Gasteiger partial charge in [-0.15, -0.1) is 0 Å². The molecule has 0 rings (SSSR count). The lowest BCUT2D eigenvalue weighted by Gasteiger charge is -2.29. The minimum atomic E-state index is 0.276. The van der Waals surface area contributed by atoms with E-state index < -0.39 is 0 Å². The molecule has 0 spiro atoms. The minimum Gasteiger partial charge on any atom is -0.381 e. The third-order valence-electron chi connectivity index (χ3n) is 1.52. The quantitative estimate of drug-likeness (QED) is 0.542. The summed E-state index contributed by atoms with van der Waals surface area (Å²) in [6, 6.07) is 0. The highest BCUT2D eigenvalue weighted by molar-refractivity contribution is 5.06. The molecule has 0 fully saturated rings. The van der Waals surface area contributed by atoms with Crippen LogP contribution >= 0.6 is 0 Å². The molecule has 0 saturated carbocycles. The molecular formula is C9H19N. The zero-order valence-electron chi connectivity index (χ0n) is 8.02. The number of nitrogens with zero attached hydrogens (tertiary/aromatic N) is 1. The Kier molecular flexibility index (Phi) is 2.95. The van der Waals surface area contributed by atoms with Crippen molar-refractivity contribution in [1.29, 1.82) is 0 Å². The smallest absolute Gasteiger partial charge is 0.0139 e. The minimum absolute atomic E-state index is 0.276. The van der Waals surface area contributed by atoms with Gasteiger partial charge in [-0.1, -0.05) is 26.8 Å². The van der Waals surface area contributed by atoms with E-state index in [0.29, 0.717) is 0 Å². The molecule has 1 nitrogen and oxygen atoms in total. The molecule has 0 amide bonds. The second kappa shape index (κ2) is 3.09. The summed E-state index contributed by atoms with van der Waals surface area (Å²) in [4.78, 5) is 2.17. The molecule has 0 bridgehead atoms. The fourth-order valence-electron chi connectivity index (χ4n) is 1.36. The highest BCUT2D eigenvalue weighted by atomic mass is 15.1. The van der Waals surface area contributed by atoms with Crippen LogP contribution in [0.2, 0.25) is 0 Å². The van der Waals surface area contributed by atoms with Crippen LogP contribution in [0.5, 0.6) is 0 Å². The third-order valence-corrected chi connectivity index (χ3v) is 1.52. The summed E-state index contributed by atoms with van der Waals surface area (Å²) in [5, 5.41) is 0. The summed E-state index contributed by atoms with van der Waals surface area (Å²) in [5.41, 5.74) is 1.66. The normalized spacial score (nSPS) is 13.6. The molecule has 0 N–H and O–H groups in total. The first-order chi connectivity index (χ1) is 4.39. The van der Waals surface area contributed by atoms with Crippen LogP contribution in [0.25, 0.3) is 0 Å². The van der Waals surface area contributed by atoms with Crippen LogP contribution in [0.1, 0.15) is 27.7 Å². The Morgan fingerprint density at radius 1 is 1.20 bits per heavy atom. The van der Waals surface area contributed by atoms with Crippen LogP contribution in [0, 0.1) is 5.41 Å². The van der Waals surface area contributed by atoms with E-state index in [4.69, 9.17) is 0 Å². The average Bonchev–Trinajstić information content (AvgIpc) is 1.60. The monoisotopic (exact) mass is 141 g/mol. The van der Waals surface area contributed by atoms with Gasteiger partial charge < -0.3 is 4.90 Å². The number of hydrogen-bond donors (Lipinski definition) is 0. The molecule has 0 unspecified atom stereocenters. The summed E-state index contributed by atoms with van der Waals surface area (Å²) in [7, 11) is 4.17. The SMILES string of the molecule is CC=C(N(C)C)C(C)(C)C. The first-order valence-corrected chi connectivity index (χ1v) is 3.73. The molecule has 0 aliphatic heterocycles. The van der Waals surface area contributed by atoms with Crippen LogP contribution in [-0.2, 0) is 0 Å². The molecule has 0 heterocycles. The fourth-order valence-corrected chi connectivity index (χ4v) is 1.36. The molecule has 0 aliphatic carbocycles. The molecule has 0 aromatic rings. The Morgan fingerprint density at radius 3 is 1.60 bits per heavy atom. The summed E-state index contributed by atoms with van der Waals surface area (Å²) >= 11 is 0. The van der Waals surface area contributed by atoms with Gasteiger partial charge in [0, 0.05) is 25.2 Å². The second-order valence-electron chi connectivity index (χ2n) is 3.82. The summed E-state index contributed by atoms with van der Waals surface area (Å²) < 4.78 is 0. The van der Waals surface area contributed by atoms with Crippen LogP contribution in [-0.4, -0.2) is 19.0 Å². The van der Waals surface area contributed by atoms with Crippen molar-refractivity contribution < 1.29 is 0 Å². The molecule has 1 heteroatoms. The van der Waals surface area contributed by atoms with Crippen LogP contribution in [0.4, 0.5) is 0 Å². The molecule has 0 saturated heterocycles. The number of hydrogen-bond acceptors (Lipinski definition) is 1. The summed E-state index contributed by atoms with van der Waals surface area (Å²) in [6.07, 6.45) is 2.17. The molecule has 0 aromatic carbocycles. The van der Waals surface area contributed by atoms with Gasteiger partial charge in [-0.25, -0.2) is 0 Å². The van der Waals surface area contributed by atoms with E-state index in [1.54, 1.807) is 0 Å². The van der Waals surface area contributed by atoms with Crippen molar-refractivity contribution in [2.24, 2.45) is 5.41 Å². The van der Waals surface area contributed by atoms with E-state index in [2.05, 4.69) is 52.8 Å². The molecule has 0 radical (unpaired) electrons. The van der Waals surface area contributed by atoms with Gasteiger partial charge >= 0.3 is 0 Å². The van der Waals surface area contributed by atoms with Gasteiger partial charge in [0.2, 0.25) is 0 Å². The predicted octanol–water partition coefficient (Wildman–Crippen LogP) is 2.50. The van der Waals surface area contributed by atoms with Gasteiger partial charge in [-0.3, -0.25) is 0 Å². The number of allylic oxidation sites excluding steroid dienone is 2. The lowest BCUT2D eigenvalue weighted by Crippen LogP contribution is -2.23. The van der Waals surface area contributed by atoms with E-state index in [-0.39, 0.29) is 5.41 Å². The van der Waals surface area contributed by atoms with Crippen LogP contribution < -0.4 is 0 Å². The largest absolute Gasteiger partial charge is 0.381 e. The second-order valence-corrected chi connectivity index (χ2v) is 3.82. The Balaban J connectivity index is 4.40. The van der Waals surface area contributed by atoms with E-state index >= 15 is 0 Å². The standard InChI is InChI=1S/C9H19N/c1-7-8(10(5)6)9(2,3)4/h7H,1-6H3. The first-order valence-electron chi connectivity index (χ1n) is 3.73. The maximum Gasteiger partial charge on any atom is 0.0139 e. The zero-order valence-corrected chi connectivity index (χ0v) is 8.02. The third kappa shape index (κ3) is 2.42. The fraction of sp³-hybridized carbons (Fsp3) is 0.778. The average molecular weight is 141 g/mol. The van der Waals surface area contributed by atoms with Crippen molar-refractivity contribution in [2.75, 3.05) is 14.1 Å². The molecule has 0 atom stereocenters. The topological polar surface area (TPSA) is 3.24 Å². The lowest BCUT2D eigenvalue weighted by molar-refractivity contribution is 0.352. The van der Waals surface area contributed by atoms with Gasteiger partial charge in [0.05, 0.1) is 0 Å². The Labute approximate surface area is 64.7 Å². The van der Waals surface area contributed by atoms with Gasteiger partial charge in [-0.2, -0.15) is 0 Å². The van der Waals surface area contributed by atoms with E-state index in [1.807, 2.05) is 0 Å². The van der Waals surface area contributed by atoms with Crippen LogP contribution in [0.3, 0.4) is 0 Å². The van der Waals surface area contributed by atoms with E-state index in [9.17, 15) is 0 Å². The van der Waals surface area contributed by atoms with Gasteiger partial charge in [0.1, 0.15) is 0 Å². The van der Waals surface area contributed by atoms with Gasteiger partial charge in [-0.05, 0) is 6.92 Å². The molecule has 60 valence electrons. The summed E-state index contributed by atoms with van der Waals surface area (Å²) in [5.74, 6) is 0. The maximum atomic E-state index is 2.22. The van der Waals surface area contributed by atoms with E-state index in [0.717, 1.165) is 0 Å². The Morgan fingerprint density at radius 2 is 1.60 bits per heavy atom. The van der Waals surface area contributed by atoms with Gasteiger partial charge in [0.25, 0.3) is 0 Å². The molecule has 10 heavy (non-hydrogen) atoms. The lowest BCUT2D eigenvalue weighted by atomic mass is 9.91. The molecular weight excluding hydrogens is 122 g/mol. The van der Waals surface area contributed by atoms with Crippen molar-refractivity contribution in [2.45, 2.75) is 27.7 Å². The highest BCUT2D eigenvalue weighted by Gasteiger charge is 2.16. The van der Waals surface area contributed by atoms with Crippen molar-refractivity contribution in [3.05, 3.63) is 11.8 Å². The molecule has 0 aliphatic rings. The van der Waals surface area contributed by atoms with E-state index in [1.165, 1.54) is 5.70 Å². The van der Waals surface area contributed by atoms with Crippen molar-refractivity contribution in [3.8, 4) is 0 Å². The van der Waals surface area contributed by atoms with Crippen molar-refractivity contribution in [1.82, 2.24) is 4.90 Å². The highest BCUT2D eigenvalue weighted by Crippen LogP contribution is 2.25. The first kappa shape index (κ1) is 9.54. The molecule has 0 aromatic heterocycles. The van der Waals surface area contributed by atoms with Crippen LogP contribution in [0.15, 0.2) is 11.8 Å². The van der Waals surface area contributed by atoms with Crippen molar-refractivity contribution in [3.63, 3.8) is 0 Å². The maximum absolute atomic E-state index is 2.22. The Bertz CT molecular complexity index is 126. The predicted molar refractivity (Wildman–Crippen MR) is 46.9 cm³/mol. The Hall–Kier alpha value is -0.460.